The lowest BCUT2D eigenvalue weighted by Crippen LogP contribution is -2.31. The summed E-state index contributed by atoms with van der Waals surface area (Å²) in [6, 6.07) is 2.14. The van der Waals surface area contributed by atoms with Gasteiger partial charge in [-0.15, -0.1) is 0 Å². The maximum Gasteiger partial charge on any atom is 0.255 e. The van der Waals surface area contributed by atoms with Crippen LogP contribution in [0.5, 0.6) is 11.5 Å². The molecule has 0 fully saturated rings. The van der Waals surface area contributed by atoms with E-state index in [1.165, 1.54) is 0 Å². The molecular formula is C14H17NO3. The molecular weight excluding hydrogens is 230 g/mol. The third-order valence-electron chi connectivity index (χ3n) is 3.30. The lowest BCUT2D eigenvalue weighted by atomic mass is 9.99. The van der Waals surface area contributed by atoms with E-state index in [9.17, 15) is 4.79 Å². The van der Waals surface area contributed by atoms with Crippen molar-refractivity contribution in [2.75, 3.05) is 13.2 Å². The van der Waals surface area contributed by atoms with E-state index in [2.05, 4.69) is 5.32 Å². The maximum atomic E-state index is 12.3. The van der Waals surface area contributed by atoms with Crippen molar-refractivity contribution in [3.8, 4) is 11.5 Å². The minimum Gasteiger partial charge on any atom is -0.493 e. The van der Waals surface area contributed by atoms with Crippen LogP contribution in [0.3, 0.4) is 0 Å². The SMILES string of the molecule is CC(C)NC(=O)c1c2c(cc3c1OCC3)OCC2. The highest BCUT2D eigenvalue weighted by molar-refractivity contribution is 6.00. The van der Waals surface area contributed by atoms with Crippen molar-refractivity contribution < 1.29 is 14.3 Å². The predicted molar refractivity (Wildman–Crippen MR) is 67.4 cm³/mol. The summed E-state index contributed by atoms with van der Waals surface area (Å²) in [5, 5.41) is 2.94. The first kappa shape index (κ1) is 11.4. The van der Waals surface area contributed by atoms with Crippen molar-refractivity contribution in [2.45, 2.75) is 32.7 Å². The Balaban J connectivity index is 2.09. The Morgan fingerprint density at radius 3 is 2.83 bits per heavy atom. The molecule has 1 amide bonds. The van der Waals surface area contributed by atoms with E-state index in [-0.39, 0.29) is 11.9 Å². The standard InChI is InChI=1S/C14H17NO3/c1-8(2)15-14(16)12-10-4-6-17-11(10)7-9-3-5-18-13(9)12/h7-8H,3-6H2,1-2H3,(H,15,16). The molecule has 2 aliphatic rings. The third-order valence-corrected chi connectivity index (χ3v) is 3.30. The molecule has 1 aromatic carbocycles. The average Bonchev–Trinajstić information content (AvgIpc) is 2.91. The highest BCUT2D eigenvalue weighted by Gasteiger charge is 2.30. The molecule has 0 saturated heterocycles. The van der Waals surface area contributed by atoms with Crippen LogP contribution in [0, 0.1) is 0 Å². The second kappa shape index (κ2) is 4.19. The summed E-state index contributed by atoms with van der Waals surface area (Å²) < 4.78 is 11.2. The number of carbonyl (C=O) groups excluding carboxylic acids is 1. The van der Waals surface area contributed by atoms with E-state index in [0.717, 1.165) is 35.5 Å². The number of carbonyl (C=O) groups is 1. The highest BCUT2D eigenvalue weighted by Crippen LogP contribution is 2.40. The fraction of sp³-hybridized carbons (Fsp3) is 0.500. The van der Waals surface area contributed by atoms with Crippen molar-refractivity contribution in [1.82, 2.24) is 5.32 Å². The Kier molecular flexibility index (Phi) is 2.65. The highest BCUT2D eigenvalue weighted by atomic mass is 16.5. The van der Waals surface area contributed by atoms with Crippen molar-refractivity contribution >= 4 is 5.91 Å². The van der Waals surface area contributed by atoms with Gasteiger partial charge < -0.3 is 14.8 Å². The second-order valence-corrected chi connectivity index (χ2v) is 5.04. The fourth-order valence-electron chi connectivity index (χ4n) is 2.56. The summed E-state index contributed by atoms with van der Waals surface area (Å²) in [5.74, 6) is 1.57. The van der Waals surface area contributed by atoms with Crippen molar-refractivity contribution in [1.29, 1.82) is 0 Å². The van der Waals surface area contributed by atoms with Crippen LogP contribution in [-0.2, 0) is 12.8 Å². The van der Waals surface area contributed by atoms with E-state index in [1.54, 1.807) is 0 Å². The van der Waals surface area contributed by atoms with E-state index < -0.39 is 0 Å². The Morgan fingerprint density at radius 1 is 1.28 bits per heavy atom. The largest absolute Gasteiger partial charge is 0.493 e. The smallest absolute Gasteiger partial charge is 0.255 e. The summed E-state index contributed by atoms with van der Waals surface area (Å²) in [6.45, 7) is 5.22. The summed E-state index contributed by atoms with van der Waals surface area (Å²) in [7, 11) is 0. The Hall–Kier alpha value is -1.71. The average molecular weight is 247 g/mol. The molecule has 0 spiro atoms. The number of benzene rings is 1. The van der Waals surface area contributed by atoms with Gasteiger partial charge in [0, 0.05) is 30.0 Å². The first-order chi connectivity index (χ1) is 8.66. The van der Waals surface area contributed by atoms with Crippen LogP contribution in [0.2, 0.25) is 0 Å². The van der Waals surface area contributed by atoms with Gasteiger partial charge in [-0.2, -0.15) is 0 Å². The number of ether oxygens (including phenoxy) is 2. The van der Waals surface area contributed by atoms with E-state index >= 15 is 0 Å². The molecule has 4 nitrogen and oxygen atoms in total. The van der Waals surface area contributed by atoms with Crippen molar-refractivity contribution in [3.63, 3.8) is 0 Å². The lowest BCUT2D eigenvalue weighted by Gasteiger charge is -2.14. The van der Waals surface area contributed by atoms with Gasteiger partial charge in [-0.05, 0) is 19.9 Å². The molecule has 0 radical (unpaired) electrons. The topological polar surface area (TPSA) is 47.6 Å². The van der Waals surface area contributed by atoms with Gasteiger partial charge in [-0.1, -0.05) is 0 Å². The maximum absolute atomic E-state index is 12.3. The van der Waals surface area contributed by atoms with Gasteiger partial charge in [0.15, 0.2) is 0 Å². The number of nitrogens with one attached hydrogen (secondary N) is 1. The molecule has 0 saturated carbocycles. The molecule has 3 rings (SSSR count). The van der Waals surface area contributed by atoms with Gasteiger partial charge in [0.25, 0.3) is 5.91 Å². The van der Waals surface area contributed by atoms with Crippen LogP contribution in [0.25, 0.3) is 0 Å². The Bertz CT molecular complexity index is 476. The first-order valence-corrected chi connectivity index (χ1v) is 6.42. The zero-order chi connectivity index (χ0) is 12.7. The quantitative estimate of drug-likeness (QED) is 0.865. The first-order valence-electron chi connectivity index (χ1n) is 6.42. The minimum atomic E-state index is -0.0505. The molecule has 4 heteroatoms. The van der Waals surface area contributed by atoms with Gasteiger partial charge in [0.05, 0.1) is 18.8 Å². The van der Waals surface area contributed by atoms with Gasteiger partial charge in [0.1, 0.15) is 11.5 Å². The molecule has 0 aromatic heterocycles. The van der Waals surface area contributed by atoms with Crippen LogP contribution in [-0.4, -0.2) is 25.2 Å². The molecule has 96 valence electrons. The molecule has 0 aliphatic carbocycles. The number of fused-ring (bicyclic) bond motifs is 2. The second-order valence-electron chi connectivity index (χ2n) is 5.04. The third kappa shape index (κ3) is 1.72. The number of hydrogen-bond donors (Lipinski definition) is 1. The van der Waals surface area contributed by atoms with Crippen LogP contribution in [0.4, 0.5) is 0 Å². The van der Waals surface area contributed by atoms with Gasteiger partial charge >= 0.3 is 0 Å². The minimum absolute atomic E-state index is 0.0505. The predicted octanol–water partition coefficient (Wildman–Crippen LogP) is 1.69. The fourth-order valence-corrected chi connectivity index (χ4v) is 2.56. The van der Waals surface area contributed by atoms with Gasteiger partial charge in [0.2, 0.25) is 0 Å². The molecule has 2 aliphatic heterocycles. The lowest BCUT2D eigenvalue weighted by molar-refractivity contribution is 0.0939. The summed E-state index contributed by atoms with van der Waals surface area (Å²) in [5.41, 5.74) is 2.77. The van der Waals surface area contributed by atoms with E-state index in [0.29, 0.717) is 18.8 Å². The monoisotopic (exact) mass is 247 g/mol. The van der Waals surface area contributed by atoms with E-state index in [1.807, 2.05) is 19.9 Å². The molecule has 1 aromatic rings. The van der Waals surface area contributed by atoms with Gasteiger partial charge in [-0.25, -0.2) is 0 Å². The van der Waals surface area contributed by atoms with Crippen molar-refractivity contribution in [3.05, 3.63) is 22.8 Å². The Morgan fingerprint density at radius 2 is 2.06 bits per heavy atom. The molecule has 2 heterocycles. The molecule has 1 N–H and O–H groups in total. The van der Waals surface area contributed by atoms with E-state index in [4.69, 9.17) is 9.47 Å². The number of amides is 1. The number of hydrogen-bond acceptors (Lipinski definition) is 3. The number of rotatable bonds is 2. The molecule has 0 atom stereocenters. The van der Waals surface area contributed by atoms with Crippen LogP contribution < -0.4 is 14.8 Å². The Labute approximate surface area is 106 Å². The molecule has 18 heavy (non-hydrogen) atoms. The molecule has 0 unspecified atom stereocenters. The van der Waals surface area contributed by atoms with Gasteiger partial charge in [-0.3, -0.25) is 4.79 Å². The van der Waals surface area contributed by atoms with Crippen LogP contribution >= 0.6 is 0 Å². The zero-order valence-corrected chi connectivity index (χ0v) is 10.7. The zero-order valence-electron chi connectivity index (χ0n) is 10.7. The summed E-state index contributed by atoms with van der Waals surface area (Å²) in [4.78, 5) is 12.3. The molecule has 0 bridgehead atoms. The van der Waals surface area contributed by atoms with Crippen LogP contribution in [0.15, 0.2) is 6.07 Å². The normalized spacial score (nSPS) is 15.9. The summed E-state index contributed by atoms with van der Waals surface area (Å²) in [6.07, 6.45) is 1.64. The van der Waals surface area contributed by atoms with Crippen molar-refractivity contribution in [2.24, 2.45) is 0 Å². The summed E-state index contributed by atoms with van der Waals surface area (Å²) >= 11 is 0. The van der Waals surface area contributed by atoms with Crippen LogP contribution in [0.1, 0.15) is 35.3 Å².